The molecule has 0 aliphatic heterocycles. The summed E-state index contributed by atoms with van der Waals surface area (Å²) in [7, 11) is 0. The quantitative estimate of drug-likeness (QED) is 0.473. The fourth-order valence-electron chi connectivity index (χ4n) is 3.35. The Morgan fingerprint density at radius 2 is 2.11 bits per heavy atom. The van der Waals surface area contributed by atoms with Crippen LogP contribution in [-0.4, -0.2) is 14.5 Å². The Bertz CT molecular complexity index is 1020. The smallest absolute Gasteiger partial charge is 0.291 e. The molecule has 0 spiro atoms. The van der Waals surface area contributed by atoms with E-state index in [9.17, 15) is 9.18 Å². The van der Waals surface area contributed by atoms with E-state index in [1.807, 2.05) is 12.1 Å². The van der Waals surface area contributed by atoms with E-state index in [1.165, 1.54) is 17.8 Å². The number of hydrogen-bond acceptors (Lipinski definition) is 4. The van der Waals surface area contributed by atoms with Crippen LogP contribution in [0.4, 0.5) is 4.39 Å². The zero-order chi connectivity index (χ0) is 18.8. The van der Waals surface area contributed by atoms with Crippen LogP contribution in [0.2, 0.25) is 5.02 Å². The van der Waals surface area contributed by atoms with Crippen LogP contribution in [-0.2, 0) is 25.1 Å². The fourth-order valence-corrected chi connectivity index (χ4v) is 4.77. The molecule has 2 aromatic heterocycles. The Kier molecular flexibility index (Phi) is 5.27. The summed E-state index contributed by atoms with van der Waals surface area (Å²) in [5.74, 6) is 0.00774. The van der Waals surface area contributed by atoms with Crippen molar-refractivity contribution in [2.75, 3.05) is 0 Å². The summed E-state index contributed by atoms with van der Waals surface area (Å²) in [6, 6.07) is 8.46. The highest BCUT2D eigenvalue weighted by atomic mass is 35.5. The molecule has 138 valence electrons. The number of rotatable bonds is 5. The fraction of sp³-hybridized carbons (Fsp3) is 0.250. The Labute approximate surface area is 165 Å². The lowest BCUT2D eigenvalue weighted by molar-refractivity contribution is 0.617. The van der Waals surface area contributed by atoms with Crippen molar-refractivity contribution in [3.63, 3.8) is 0 Å². The maximum Gasteiger partial charge on any atom is 0.349 e. The van der Waals surface area contributed by atoms with Crippen LogP contribution in [0.1, 0.15) is 28.8 Å². The van der Waals surface area contributed by atoms with Crippen molar-refractivity contribution >= 4 is 23.4 Å². The number of thioether (sulfide) groups is 1. The van der Waals surface area contributed by atoms with Crippen LogP contribution in [0.3, 0.4) is 0 Å². The maximum atomic E-state index is 14.0. The molecule has 0 amide bonds. The topological polar surface area (TPSA) is 47.8 Å². The molecule has 1 aromatic carbocycles. The van der Waals surface area contributed by atoms with E-state index in [2.05, 4.69) is 9.97 Å². The van der Waals surface area contributed by atoms with Gasteiger partial charge in [0.2, 0.25) is 0 Å². The molecule has 3 aromatic rings. The first-order valence-electron chi connectivity index (χ1n) is 8.70. The molecular formula is C20H17ClFN3OS. The minimum Gasteiger partial charge on any atom is -0.291 e. The molecule has 0 bridgehead atoms. The number of hydrogen-bond donors (Lipinski definition) is 0. The van der Waals surface area contributed by atoms with Gasteiger partial charge in [-0.25, -0.2) is 9.18 Å². The van der Waals surface area contributed by atoms with Crippen molar-refractivity contribution in [1.82, 2.24) is 14.5 Å². The Morgan fingerprint density at radius 3 is 2.89 bits per heavy atom. The molecule has 0 saturated carbocycles. The van der Waals surface area contributed by atoms with Crippen LogP contribution < -0.4 is 5.69 Å². The molecule has 0 atom stereocenters. The van der Waals surface area contributed by atoms with Gasteiger partial charge < -0.3 is 0 Å². The Balaban J connectivity index is 1.65. The predicted octanol–water partition coefficient (Wildman–Crippen LogP) is 4.26. The third kappa shape index (κ3) is 3.77. The van der Waals surface area contributed by atoms with E-state index in [1.54, 1.807) is 29.1 Å². The highest BCUT2D eigenvalue weighted by Gasteiger charge is 2.22. The number of halogens is 2. The standard InChI is InChI=1S/C20H17ClFN3OS/c21-16-6-2-7-17(22)15(16)12-27-19-14-5-1-8-18(14)25(20(26)24-19)11-13-4-3-9-23-10-13/h2-4,6-7,9-10H,1,5,8,11-12H2. The predicted molar refractivity (Wildman–Crippen MR) is 105 cm³/mol. The van der Waals surface area contributed by atoms with Gasteiger partial charge in [0.05, 0.1) is 6.54 Å². The second-order valence-electron chi connectivity index (χ2n) is 6.41. The number of aromatic nitrogens is 3. The van der Waals surface area contributed by atoms with E-state index in [4.69, 9.17) is 11.6 Å². The molecular weight excluding hydrogens is 385 g/mol. The molecule has 0 fully saturated rings. The SMILES string of the molecule is O=c1nc(SCc2c(F)cccc2Cl)c2c(n1Cc1cccnc1)CCC2. The van der Waals surface area contributed by atoms with Crippen LogP contribution in [0, 0.1) is 5.82 Å². The van der Waals surface area contributed by atoms with Gasteiger partial charge in [-0.05, 0) is 43.0 Å². The number of nitrogens with zero attached hydrogens (tertiary/aromatic N) is 3. The third-order valence-corrected chi connectivity index (χ3v) is 6.08. The summed E-state index contributed by atoms with van der Waals surface area (Å²) in [5, 5.41) is 1.08. The molecule has 0 radical (unpaired) electrons. The van der Waals surface area contributed by atoms with E-state index in [0.717, 1.165) is 36.1 Å². The van der Waals surface area contributed by atoms with Crippen molar-refractivity contribution in [2.45, 2.75) is 36.6 Å². The van der Waals surface area contributed by atoms with Gasteiger partial charge in [0.25, 0.3) is 0 Å². The molecule has 4 rings (SSSR count). The van der Waals surface area contributed by atoms with Gasteiger partial charge in [-0.1, -0.05) is 23.7 Å². The summed E-state index contributed by atoms with van der Waals surface area (Å²) < 4.78 is 15.8. The van der Waals surface area contributed by atoms with Crippen molar-refractivity contribution in [2.24, 2.45) is 0 Å². The first-order chi connectivity index (χ1) is 13.1. The van der Waals surface area contributed by atoms with Crippen molar-refractivity contribution < 1.29 is 4.39 Å². The lowest BCUT2D eigenvalue weighted by Crippen LogP contribution is -2.27. The van der Waals surface area contributed by atoms with Crippen LogP contribution >= 0.6 is 23.4 Å². The van der Waals surface area contributed by atoms with Crippen LogP contribution in [0.25, 0.3) is 0 Å². The monoisotopic (exact) mass is 401 g/mol. The average Bonchev–Trinajstić information content (AvgIpc) is 3.15. The van der Waals surface area contributed by atoms with Crippen LogP contribution in [0.5, 0.6) is 0 Å². The second-order valence-corrected chi connectivity index (χ2v) is 7.79. The molecule has 7 heteroatoms. The molecule has 2 heterocycles. The van der Waals surface area contributed by atoms with E-state index in [-0.39, 0.29) is 11.5 Å². The first kappa shape index (κ1) is 18.2. The van der Waals surface area contributed by atoms with Crippen molar-refractivity contribution in [1.29, 1.82) is 0 Å². The third-order valence-electron chi connectivity index (χ3n) is 4.68. The lowest BCUT2D eigenvalue weighted by Gasteiger charge is -2.14. The van der Waals surface area contributed by atoms with Crippen molar-refractivity contribution in [3.05, 3.63) is 86.4 Å². The maximum absolute atomic E-state index is 14.0. The first-order valence-corrected chi connectivity index (χ1v) is 10.1. The van der Waals surface area contributed by atoms with Gasteiger partial charge in [-0.2, -0.15) is 4.98 Å². The van der Waals surface area contributed by atoms with E-state index >= 15 is 0 Å². The zero-order valence-corrected chi connectivity index (χ0v) is 16.1. The summed E-state index contributed by atoms with van der Waals surface area (Å²) in [6.07, 6.45) is 6.19. The molecule has 1 aliphatic carbocycles. The van der Waals surface area contributed by atoms with Gasteiger partial charge in [0, 0.05) is 40.0 Å². The second kappa shape index (κ2) is 7.82. The largest absolute Gasteiger partial charge is 0.349 e. The minimum absolute atomic E-state index is 0.276. The highest BCUT2D eigenvalue weighted by molar-refractivity contribution is 7.98. The van der Waals surface area contributed by atoms with Crippen LogP contribution in [0.15, 0.2) is 52.5 Å². The summed E-state index contributed by atoms with van der Waals surface area (Å²) in [6.45, 7) is 0.464. The number of pyridine rings is 1. The summed E-state index contributed by atoms with van der Waals surface area (Å²) >= 11 is 7.49. The summed E-state index contributed by atoms with van der Waals surface area (Å²) in [4.78, 5) is 21.1. The number of fused-ring (bicyclic) bond motifs is 1. The molecule has 0 N–H and O–H groups in total. The van der Waals surface area contributed by atoms with Gasteiger partial charge in [-0.15, -0.1) is 11.8 Å². The van der Waals surface area contributed by atoms with E-state index < -0.39 is 0 Å². The lowest BCUT2D eigenvalue weighted by atomic mass is 10.2. The molecule has 1 aliphatic rings. The zero-order valence-electron chi connectivity index (χ0n) is 14.5. The van der Waals surface area contributed by atoms with E-state index in [0.29, 0.717) is 27.9 Å². The van der Waals surface area contributed by atoms with Crippen molar-refractivity contribution in [3.8, 4) is 0 Å². The Hall–Kier alpha value is -2.18. The highest BCUT2D eigenvalue weighted by Crippen LogP contribution is 2.33. The molecule has 0 unspecified atom stereocenters. The normalized spacial score (nSPS) is 13.0. The molecule has 27 heavy (non-hydrogen) atoms. The minimum atomic E-state index is -0.337. The van der Waals surface area contributed by atoms with Gasteiger partial charge in [0.15, 0.2) is 0 Å². The number of benzene rings is 1. The van der Waals surface area contributed by atoms with Gasteiger partial charge in [-0.3, -0.25) is 9.55 Å². The molecule has 4 nitrogen and oxygen atoms in total. The molecule has 0 saturated heterocycles. The van der Waals surface area contributed by atoms with Gasteiger partial charge in [0.1, 0.15) is 10.8 Å². The summed E-state index contributed by atoms with van der Waals surface area (Å²) in [5.41, 5.74) is 3.25. The van der Waals surface area contributed by atoms with Gasteiger partial charge >= 0.3 is 5.69 Å². The average molecular weight is 402 g/mol. The Morgan fingerprint density at radius 1 is 1.22 bits per heavy atom.